The molecule has 1 nitrogen and oxygen atoms in total. The first-order valence-corrected chi connectivity index (χ1v) is 6.72. The van der Waals surface area contributed by atoms with Gasteiger partial charge in [0.25, 0.3) is 0 Å². The van der Waals surface area contributed by atoms with E-state index in [0.717, 1.165) is 6.07 Å². The molecule has 2 aromatic rings. The molecule has 0 heterocycles. The molecule has 0 bridgehead atoms. The highest BCUT2D eigenvalue weighted by molar-refractivity contribution is 9.10. The Kier molecular flexibility index (Phi) is 4.02. The molecular formula is C15H13BrF2O. The van der Waals surface area contributed by atoms with Crippen molar-refractivity contribution in [3.8, 4) is 0 Å². The number of halogens is 3. The highest BCUT2D eigenvalue weighted by Gasteiger charge is 2.35. The Morgan fingerprint density at radius 3 is 2.32 bits per heavy atom. The molecule has 0 radical (unpaired) electrons. The van der Waals surface area contributed by atoms with Gasteiger partial charge in [-0.3, -0.25) is 0 Å². The number of rotatable bonds is 3. The Bertz CT molecular complexity index is 586. The van der Waals surface area contributed by atoms with Crippen LogP contribution in [0.3, 0.4) is 0 Å². The molecule has 0 saturated carbocycles. The summed E-state index contributed by atoms with van der Waals surface area (Å²) in [6.45, 7) is 1.69. The van der Waals surface area contributed by atoms with Crippen LogP contribution in [0, 0.1) is 11.6 Å². The van der Waals surface area contributed by atoms with Crippen molar-refractivity contribution in [2.24, 2.45) is 0 Å². The summed E-state index contributed by atoms with van der Waals surface area (Å²) in [4.78, 5) is 0. The van der Waals surface area contributed by atoms with E-state index in [1.807, 2.05) is 0 Å². The van der Waals surface area contributed by atoms with Crippen LogP contribution in [0.5, 0.6) is 0 Å². The number of aliphatic hydroxyl groups is 1. The van der Waals surface area contributed by atoms with E-state index >= 15 is 0 Å². The molecule has 0 amide bonds. The Morgan fingerprint density at radius 1 is 1.11 bits per heavy atom. The van der Waals surface area contributed by atoms with Crippen LogP contribution in [0.4, 0.5) is 8.78 Å². The summed E-state index contributed by atoms with van der Waals surface area (Å²) in [7, 11) is 0. The fourth-order valence-electron chi connectivity index (χ4n) is 2.15. The van der Waals surface area contributed by atoms with Crippen LogP contribution in [-0.4, -0.2) is 5.11 Å². The Hall–Kier alpha value is -1.26. The van der Waals surface area contributed by atoms with Gasteiger partial charge in [-0.2, -0.15) is 0 Å². The van der Waals surface area contributed by atoms with Crippen molar-refractivity contribution in [2.75, 3.05) is 0 Å². The van der Waals surface area contributed by atoms with Gasteiger partial charge in [0.2, 0.25) is 0 Å². The fourth-order valence-corrected chi connectivity index (χ4v) is 2.48. The maximum absolute atomic E-state index is 14.2. The van der Waals surface area contributed by atoms with E-state index in [4.69, 9.17) is 0 Å². The smallest absolute Gasteiger partial charge is 0.146 e. The van der Waals surface area contributed by atoms with Crippen LogP contribution in [0.25, 0.3) is 0 Å². The lowest BCUT2D eigenvalue weighted by Gasteiger charge is -2.29. The standard InChI is InChI=1S/C15H13BrF2O/c1-2-15(19,10-6-4-3-5-7-10)13-12(17)9-8-11(16)14(13)18/h3-9,19H,2H2,1H3. The molecule has 4 heteroatoms. The lowest BCUT2D eigenvalue weighted by molar-refractivity contribution is 0.0682. The lowest BCUT2D eigenvalue weighted by atomic mass is 9.83. The van der Waals surface area contributed by atoms with Gasteiger partial charge in [-0.15, -0.1) is 0 Å². The summed E-state index contributed by atoms with van der Waals surface area (Å²) in [5, 5.41) is 10.7. The van der Waals surface area contributed by atoms with Gasteiger partial charge in [0.15, 0.2) is 0 Å². The summed E-state index contributed by atoms with van der Waals surface area (Å²) < 4.78 is 28.3. The summed E-state index contributed by atoms with van der Waals surface area (Å²) >= 11 is 3.02. The average molecular weight is 327 g/mol. The molecule has 1 unspecified atom stereocenters. The van der Waals surface area contributed by atoms with Crippen molar-refractivity contribution in [3.05, 3.63) is 69.7 Å². The summed E-state index contributed by atoms with van der Waals surface area (Å²) in [6, 6.07) is 11.0. The summed E-state index contributed by atoms with van der Waals surface area (Å²) in [5.74, 6) is -1.53. The molecule has 2 aromatic carbocycles. The predicted octanol–water partition coefficient (Wildman–Crippen LogP) is 4.37. The molecule has 0 aliphatic heterocycles. The van der Waals surface area contributed by atoms with E-state index in [-0.39, 0.29) is 16.5 Å². The van der Waals surface area contributed by atoms with Crippen LogP contribution in [0.2, 0.25) is 0 Å². The minimum Gasteiger partial charge on any atom is -0.380 e. The van der Waals surface area contributed by atoms with Gasteiger partial charge < -0.3 is 5.11 Å². The van der Waals surface area contributed by atoms with Gasteiger partial charge in [0, 0.05) is 0 Å². The van der Waals surface area contributed by atoms with E-state index in [2.05, 4.69) is 15.9 Å². The highest BCUT2D eigenvalue weighted by Crippen LogP contribution is 2.37. The third-order valence-corrected chi connectivity index (χ3v) is 3.83. The van der Waals surface area contributed by atoms with E-state index in [0.29, 0.717) is 5.56 Å². The van der Waals surface area contributed by atoms with Gasteiger partial charge >= 0.3 is 0 Å². The van der Waals surface area contributed by atoms with Crippen LogP contribution in [-0.2, 0) is 5.60 Å². The topological polar surface area (TPSA) is 20.2 Å². The third-order valence-electron chi connectivity index (χ3n) is 3.22. The van der Waals surface area contributed by atoms with Gasteiger partial charge in [-0.05, 0) is 40.0 Å². The molecule has 19 heavy (non-hydrogen) atoms. The number of hydrogen-bond acceptors (Lipinski definition) is 1. The quantitative estimate of drug-likeness (QED) is 0.830. The van der Waals surface area contributed by atoms with Crippen LogP contribution in [0.1, 0.15) is 24.5 Å². The van der Waals surface area contributed by atoms with Crippen molar-refractivity contribution in [1.82, 2.24) is 0 Å². The Morgan fingerprint density at radius 2 is 1.74 bits per heavy atom. The van der Waals surface area contributed by atoms with Crippen LogP contribution >= 0.6 is 15.9 Å². The number of hydrogen-bond donors (Lipinski definition) is 1. The normalized spacial score (nSPS) is 14.2. The van der Waals surface area contributed by atoms with Crippen molar-refractivity contribution < 1.29 is 13.9 Å². The van der Waals surface area contributed by atoms with Gasteiger partial charge in [0.1, 0.15) is 17.2 Å². The molecule has 0 fully saturated rings. The SMILES string of the molecule is CCC(O)(c1ccccc1)c1c(F)ccc(Br)c1F. The molecule has 1 N–H and O–H groups in total. The fraction of sp³-hybridized carbons (Fsp3) is 0.200. The van der Waals surface area contributed by atoms with E-state index in [1.54, 1.807) is 37.3 Å². The molecule has 100 valence electrons. The molecule has 1 atom stereocenters. The van der Waals surface area contributed by atoms with E-state index in [1.165, 1.54) is 6.07 Å². The first-order valence-electron chi connectivity index (χ1n) is 5.92. The predicted molar refractivity (Wildman–Crippen MR) is 73.8 cm³/mol. The second kappa shape index (κ2) is 5.39. The zero-order valence-electron chi connectivity index (χ0n) is 10.3. The second-order valence-electron chi connectivity index (χ2n) is 4.30. The van der Waals surface area contributed by atoms with Crippen molar-refractivity contribution in [2.45, 2.75) is 18.9 Å². The molecule has 0 aliphatic carbocycles. The lowest BCUT2D eigenvalue weighted by Crippen LogP contribution is -2.29. The maximum atomic E-state index is 14.2. The maximum Gasteiger partial charge on any atom is 0.146 e. The summed E-state index contributed by atoms with van der Waals surface area (Å²) in [5.41, 5.74) is -1.54. The zero-order valence-corrected chi connectivity index (χ0v) is 11.9. The minimum atomic E-state index is -1.68. The van der Waals surface area contributed by atoms with Gasteiger partial charge in [-0.25, -0.2) is 8.78 Å². The number of benzene rings is 2. The molecule has 0 spiro atoms. The van der Waals surface area contributed by atoms with Gasteiger partial charge in [-0.1, -0.05) is 37.3 Å². The van der Waals surface area contributed by atoms with Crippen LogP contribution in [0.15, 0.2) is 46.9 Å². The molecule has 0 saturated heterocycles. The Balaban J connectivity index is 2.70. The largest absolute Gasteiger partial charge is 0.380 e. The highest BCUT2D eigenvalue weighted by atomic mass is 79.9. The minimum absolute atomic E-state index is 0.131. The first kappa shape index (κ1) is 14.2. The zero-order chi connectivity index (χ0) is 14.0. The van der Waals surface area contributed by atoms with Crippen molar-refractivity contribution in [1.29, 1.82) is 0 Å². The van der Waals surface area contributed by atoms with Gasteiger partial charge in [0.05, 0.1) is 10.0 Å². The summed E-state index contributed by atoms with van der Waals surface area (Å²) in [6.07, 6.45) is 0.168. The molecular weight excluding hydrogens is 314 g/mol. The van der Waals surface area contributed by atoms with E-state index in [9.17, 15) is 13.9 Å². The Labute approximate surface area is 119 Å². The molecule has 0 aliphatic rings. The van der Waals surface area contributed by atoms with Crippen molar-refractivity contribution in [3.63, 3.8) is 0 Å². The van der Waals surface area contributed by atoms with E-state index < -0.39 is 17.2 Å². The van der Waals surface area contributed by atoms with Crippen LogP contribution < -0.4 is 0 Å². The first-order chi connectivity index (χ1) is 9.00. The van der Waals surface area contributed by atoms with Crippen molar-refractivity contribution >= 4 is 15.9 Å². The molecule has 0 aromatic heterocycles. The second-order valence-corrected chi connectivity index (χ2v) is 5.15. The average Bonchev–Trinajstić information content (AvgIpc) is 2.44. The monoisotopic (exact) mass is 326 g/mol. The third kappa shape index (κ3) is 2.42. The molecule has 2 rings (SSSR count).